The molecule has 0 bridgehead atoms. The van der Waals surface area contributed by atoms with Crippen LogP contribution in [-0.2, 0) is 16.6 Å². The largest absolute Gasteiger partial charge is 0.355 e. The number of benzene rings is 1. The van der Waals surface area contributed by atoms with Gasteiger partial charge >= 0.3 is 0 Å². The lowest BCUT2D eigenvalue weighted by molar-refractivity contribution is -0.384. The molecule has 9 nitrogen and oxygen atoms in total. The maximum atomic E-state index is 11.2. The first-order valence-corrected chi connectivity index (χ1v) is 11.7. The molecule has 29 heavy (non-hydrogen) atoms. The fourth-order valence-corrected chi connectivity index (χ4v) is 3.07. The molecule has 0 aliphatic heterocycles. The van der Waals surface area contributed by atoms with Crippen LogP contribution < -0.4 is 15.4 Å². The van der Waals surface area contributed by atoms with E-state index >= 15 is 0 Å². The number of hydrogen-bond donors (Lipinski definition) is 3. The van der Waals surface area contributed by atoms with Crippen LogP contribution >= 0.6 is 0 Å². The van der Waals surface area contributed by atoms with Crippen molar-refractivity contribution in [3.05, 3.63) is 39.9 Å². The first-order chi connectivity index (χ1) is 13.6. The summed E-state index contributed by atoms with van der Waals surface area (Å²) in [5, 5.41) is 17.2. The normalized spacial score (nSPS) is 13.3. The van der Waals surface area contributed by atoms with Crippen molar-refractivity contribution in [3.63, 3.8) is 0 Å². The SMILES string of the molecule is CC(C)CCCC(C)NC(=NCc1ccc([N+](=O)[O-])cc1)NCCNS(C)(=O)=O. The second-order valence-corrected chi connectivity index (χ2v) is 9.38. The molecule has 1 rings (SSSR count). The van der Waals surface area contributed by atoms with E-state index < -0.39 is 14.9 Å². The highest BCUT2D eigenvalue weighted by Crippen LogP contribution is 2.12. The molecule has 0 spiro atoms. The van der Waals surface area contributed by atoms with Crippen molar-refractivity contribution in [2.75, 3.05) is 19.3 Å². The first kappa shape index (κ1) is 24.8. The van der Waals surface area contributed by atoms with E-state index in [1.807, 2.05) is 0 Å². The van der Waals surface area contributed by atoms with Crippen LogP contribution in [0.3, 0.4) is 0 Å². The number of nitrogens with zero attached hydrogens (tertiary/aromatic N) is 2. The van der Waals surface area contributed by atoms with Gasteiger partial charge in [-0.05, 0) is 24.8 Å². The van der Waals surface area contributed by atoms with Crippen LogP contribution in [0.15, 0.2) is 29.3 Å². The quantitative estimate of drug-likeness (QED) is 0.155. The molecule has 0 heterocycles. The van der Waals surface area contributed by atoms with E-state index in [4.69, 9.17) is 0 Å². The van der Waals surface area contributed by atoms with Gasteiger partial charge in [0.2, 0.25) is 10.0 Å². The molecule has 1 atom stereocenters. The van der Waals surface area contributed by atoms with Crippen LogP contribution in [0.4, 0.5) is 5.69 Å². The Balaban J connectivity index is 2.68. The molecule has 0 aliphatic carbocycles. The van der Waals surface area contributed by atoms with Crippen LogP contribution in [0.25, 0.3) is 0 Å². The molecule has 0 aromatic heterocycles. The zero-order valence-corrected chi connectivity index (χ0v) is 18.5. The number of guanidine groups is 1. The van der Waals surface area contributed by atoms with E-state index in [1.165, 1.54) is 12.1 Å². The molecule has 3 N–H and O–H groups in total. The Morgan fingerprint density at radius 1 is 1.14 bits per heavy atom. The first-order valence-electron chi connectivity index (χ1n) is 9.79. The maximum Gasteiger partial charge on any atom is 0.269 e. The zero-order valence-electron chi connectivity index (χ0n) is 17.6. The van der Waals surface area contributed by atoms with E-state index in [1.54, 1.807) is 12.1 Å². The van der Waals surface area contributed by atoms with Gasteiger partial charge in [-0.3, -0.25) is 10.1 Å². The predicted molar refractivity (Wildman–Crippen MR) is 116 cm³/mol. The van der Waals surface area contributed by atoms with Gasteiger partial charge in [-0.1, -0.05) is 38.8 Å². The maximum absolute atomic E-state index is 11.2. The summed E-state index contributed by atoms with van der Waals surface area (Å²) < 4.78 is 24.8. The number of sulfonamides is 1. The van der Waals surface area contributed by atoms with Crippen LogP contribution in [-0.4, -0.2) is 44.7 Å². The van der Waals surface area contributed by atoms with Gasteiger partial charge in [0, 0.05) is 31.3 Å². The Labute approximate surface area is 173 Å². The van der Waals surface area contributed by atoms with E-state index in [9.17, 15) is 18.5 Å². The van der Waals surface area contributed by atoms with Gasteiger partial charge in [0.25, 0.3) is 5.69 Å². The average Bonchev–Trinajstić information content (AvgIpc) is 2.62. The minimum Gasteiger partial charge on any atom is -0.355 e. The van der Waals surface area contributed by atoms with Gasteiger partial charge in [-0.15, -0.1) is 0 Å². The molecule has 0 aliphatic rings. The molecule has 0 fully saturated rings. The monoisotopic (exact) mass is 427 g/mol. The van der Waals surface area contributed by atoms with Crippen molar-refractivity contribution in [2.45, 2.75) is 52.6 Å². The molecule has 1 unspecified atom stereocenters. The van der Waals surface area contributed by atoms with Gasteiger partial charge in [-0.2, -0.15) is 0 Å². The summed E-state index contributed by atoms with van der Waals surface area (Å²) in [6.07, 6.45) is 4.38. The van der Waals surface area contributed by atoms with Crippen molar-refractivity contribution in [3.8, 4) is 0 Å². The standard InChI is InChI=1S/C19H33N5O4S/c1-15(2)6-5-7-16(3)23-19(20-12-13-22-29(4,27)28)21-14-17-8-10-18(11-9-17)24(25)26/h8-11,15-16,22H,5-7,12-14H2,1-4H3,(H2,20,21,23). The molecular formula is C19H33N5O4S. The van der Waals surface area contributed by atoms with Gasteiger partial charge in [0.1, 0.15) is 0 Å². The number of rotatable bonds is 12. The summed E-state index contributed by atoms with van der Waals surface area (Å²) >= 11 is 0. The van der Waals surface area contributed by atoms with Crippen LogP contribution in [0.5, 0.6) is 0 Å². The molecule has 1 aromatic rings. The summed E-state index contributed by atoms with van der Waals surface area (Å²) in [4.78, 5) is 14.9. The van der Waals surface area contributed by atoms with E-state index in [2.05, 4.69) is 41.1 Å². The Kier molecular flexibility index (Phi) is 10.6. The van der Waals surface area contributed by atoms with Crippen molar-refractivity contribution in [2.24, 2.45) is 10.9 Å². The fourth-order valence-electron chi connectivity index (χ4n) is 2.60. The highest BCUT2D eigenvalue weighted by atomic mass is 32.2. The van der Waals surface area contributed by atoms with Crippen molar-refractivity contribution in [1.82, 2.24) is 15.4 Å². The molecule has 0 saturated carbocycles. The minimum absolute atomic E-state index is 0.0415. The smallest absolute Gasteiger partial charge is 0.269 e. The lowest BCUT2D eigenvalue weighted by Gasteiger charge is -2.19. The number of hydrogen-bond acceptors (Lipinski definition) is 5. The third kappa shape index (κ3) is 12.1. The number of aliphatic imine (C=N–C) groups is 1. The number of non-ortho nitro benzene ring substituents is 1. The molecule has 0 saturated heterocycles. The Bertz CT molecular complexity index is 763. The van der Waals surface area contributed by atoms with Gasteiger partial charge < -0.3 is 10.6 Å². The number of nitrogens with one attached hydrogen (secondary N) is 3. The van der Waals surface area contributed by atoms with Crippen molar-refractivity contribution < 1.29 is 13.3 Å². The van der Waals surface area contributed by atoms with E-state index in [0.717, 1.165) is 31.1 Å². The van der Waals surface area contributed by atoms with Crippen LogP contribution in [0.1, 0.15) is 45.6 Å². The van der Waals surface area contributed by atoms with Gasteiger partial charge in [-0.25, -0.2) is 18.1 Å². The molecule has 0 amide bonds. The summed E-state index contributed by atoms with van der Waals surface area (Å²) in [7, 11) is -3.24. The predicted octanol–water partition coefficient (Wildman–Crippen LogP) is 2.39. The Hall–Kier alpha value is -2.20. The second kappa shape index (κ2) is 12.4. The van der Waals surface area contributed by atoms with Gasteiger partial charge in [0.15, 0.2) is 5.96 Å². The fraction of sp³-hybridized carbons (Fsp3) is 0.632. The van der Waals surface area contributed by atoms with Crippen molar-refractivity contribution in [1.29, 1.82) is 0 Å². The van der Waals surface area contributed by atoms with Crippen LogP contribution in [0, 0.1) is 16.0 Å². The topological polar surface area (TPSA) is 126 Å². The summed E-state index contributed by atoms with van der Waals surface area (Å²) in [6.45, 7) is 7.47. The Morgan fingerprint density at radius 3 is 2.34 bits per heavy atom. The summed E-state index contributed by atoms with van der Waals surface area (Å²) in [5.41, 5.74) is 0.887. The lowest BCUT2D eigenvalue weighted by atomic mass is 10.0. The summed E-state index contributed by atoms with van der Waals surface area (Å²) in [6, 6.07) is 6.47. The summed E-state index contributed by atoms with van der Waals surface area (Å²) in [5.74, 6) is 1.24. The molecule has 1 aromatic carbocycles. The van der Waals surface area contributed by atoms with Crippen LogP contribution in [0.2, 0.25) is 0 Å². The minimum atomic E-state index is -3.24. The molecule has 164 valence electrons. The Morgan fingerprint density at radius 2 is 1.79 bits per heavy atom. The highest BCUT2D eigenvalue weighted by Gasteiger charge is 2.08. The van der Waals surface area contributed by atoms with E-state index in [-0.39, 0.29) is 18.3 Å². The molecule has 0 radical (unpaired) electrons. The zero-order chi connectivity index (χ0) is 21.9. The highest BCUT2D eigenvalue weighted by molar-refractivity contribution is 7.88. The lowest BCUT2D eigenvalue weighted by Crippen LogP contribution is -2.44. The second-order valence-electron chi connectivity index (χ2n) is 7.55. The van der Waals surface area contributed by atoms with Gasteiger partial charge in [0.05, 0.1) is 17.7 Å². The average molecular weight is 428 g/mol. The third-order valence-corrected chi connectivity index (χ3v) is 4.88. The van der Waals surface area contributed by atoms with E-state index in [0.29, 0.717) is 25.0 Å². The number of nitro benzene ring substituents is 1. The van der Waals surface area contributed by atoms with Crippen molar-refractivity contribution >= 4 is 21.7 Å². The third-order valence-electron chi connectivity index (χ3n) is 4.15. The molecule has 10 heteroatoms. The molecular weight excluding hydrogens is 394 g/mol. The number of nitro groups is 1.